The van der Waals surface area contributed by atoms with E-state index in [1.165, 1.54) is 38.0 Å². The van der Waals surface area contributed by atoms with Gasteiger partial charge in [0.2, 0.25) is 21.9 Å². The lowest BCUT2D eigenvalue weighted by molar-refractivity contribution is -0.119. The highest BCUT2D eigenvalue weighted by atomic mass is 35.5. The Morgan fingerprint density at radius 3 is 2.45 bits per heavy atom. The number of nitrogens with two attached hydrogens (primary N) is 1. The van der Waals surface area contributed by atoms with Crippen molar-refractivity contribution in [3.8, 4) is 0 Å². The Hall–Kier alpha value is -2.60. The Bertz CT molecular complexity index is 1230. The number of aromatic nitrogens is 3. The smallest absolute Gasteiger partial charge is 0.247 e. The third kappa shape index (κ3) is 5.67. The van der Waals surface area contributed by atoms with Gasteiger partial charge in [0.15, 0.2) is 5.16 Å². The van der Waals surface area contributed by atoms with Crippen molar-refractivity contribution >= 4 is 50.9 Å². The van der Waals surface area contributed by atoms with Gasteiger partial charge in [-0.1, -0.05) is 48.5 Å². The molecular weight excluding hydrogens is 484 g/mol. The zero-order chi connectivity index (χ0) is 24.2. The molecule has 1 heterocycles. The van der Waals surface area contributed by atoms with Crippen LogP contribution in [-0.4, -0.2) is 47.5 Å². The number of anilines is 2. The Morgan fingerprint density at radius 2 is 1.85 bits per heavy atom. The SMILES string of the molecule is CCC(C(=O)Nc1ccc(S(=O)(=O)N(C)C)cc1)n1c(N)nnc1SCc1ccccc1Cl. The topological polar surface area (TPSA) is 123 Å². The first kappa shape index (κ1) is 25.0. The summed E-state index contributed by atoms with van der Waals surface area (Å²) < 4.78 is 27.2. The van der Waals surface area contributed by atoms with Crippen molar-refractivity contribution < 1.29 is 13.2 Å². The van der Waals surface area contributed by atoms with E-state index >= 15 is 0 Å². The summed E-state index contributed by atoms with van der Waals surface area (Å²) in [5.41, 5.74) is 7.44. The molecule has 0 saturated heterocycles. The fourth-order valence-electron chi connectivity index (χ4n) is 3.07. The molecule has 9 nitrogen and oxygen atoms in total. The van der Waals surface area contributed by atoms with Crippen LogP contribution in [0.4, 0.5) is 11.6 Å². The van der Waals surface area contributed by atoms with Gasteiger partial charge in [-0.2, -0.15) is 0 Å². The molecule has 0 aliphatic heterocycles. The van der Waals surface area contributed by atoms with E-state index in [-0.39, 0.29) is 16.8 Å². The van der Waals surface area contributed by atoms with Crippen molar-refractivity contribution in [2.75, 3.05) is 25.1 Å². The number of amides is 1. The van der Waals surface area contributed by atoms with Gasteiger partial charge in [-0.05, 0) is 42.3 Å². The van der Waals surface area contributed by atoms with E-state index in [1.54, 1.807) is 16.7 Å². The molecule has 0 bridgehead atoms. The van der Waals surface area contributed by atoms with Crippen LogP contribution < -0.4 is 11.1 Å². The van der Waals surface area contributed by atoms with Crippen LogP contribution in [0.2, 0.25) is 5.02 Å². The highest BCUT2D eigenvalue weighted by Crippen LogP contribution is 2.30. The lowest BCUT2D eigenvalue weighted by atomic mass is 10.2. The number of nitrogens with zero attached hydrogens (tertiary/aromatic N) is 4. The van der Waals surface area contributed by atoms with Gasteiger partial charge in [0, 0.05) is 30.6 Å². The Kier molecular flexibility index (Phi) is 8.01. The van der Waals surface area contributed by atoms with E-state index in [4.69, 9.17) is 17.3 Å². The molecule has 0 fully saturated rings. The summed E-state index contributed by atoms with van der Waals surface area (Å²) in [6.07, 6.45) is 0.445. The normalized spacial score (nSPS) is 12.6. The number of benzene rings is 2. The molecule has 0 radical (unpaired) electrons. The monoisotopic (exact) mass is 508 g/mol. The van der Waals surface area contributed by atoms with Gasteiger partial charge < -0.3 is 11.1 Å². The predicted octanol–water partition coefficient (Wildman–Crippen LogP) is 3.65. The van der Waals surface area contributed by atoms with Crippen molar-refractivity contribution in [3.63, 3.8) is 0 Å². The highest BCUT2D eigenvalue weighted by Gasteiger charge is 2.25. The molecule has 3 N–H and O–H groups in total. The van der Waals surface area contributed by atoms with Gasteiger partial charge in [0.1, 0.15) is 6.04 Å². The molecule has 2 aromatic carbocycles. The van der Waals surface area contributed by atoms with Crippen LogP contribution in [0.5, 0.6) is 0 Å². The summed E-state index contributed by atoms with van der Waals surface area (Å²) in [5, 5.41) is 12.0. The van der Waals surface area contributed by atoms with E-state index in [9.17, 15) is 13.2 Å². The third-order valence-electron chi connectivity index (χ3n) is 4.91. The molecule has 0 spiro atoms. The van der Waals surface area contributed by atoms with Gasteiger partial charge in [-0.3, -0.25) is 9.36 Å². The second-order valence-corrected chi connectivity index (χ2v) is 10.8. The Balaban J connectivity index is 1.77. The average molecular weight is 509 g/mol. The number of sulfonamides is 1. The van der Waals surface area contributed by atoms with Crippen LogP contribution in [0.25, 0.3) is 0 Å². The molecular formula is C21H25ClN6O3S2. The number of carbonyl (C=O) groups is 1. The lowest BCUT2D eigenvalue weighted by Gasteiger charge is -2.19. The van der Waals surface area contributed by atoms with Gasteiger partial charge in [-0.25, -0.2) is 12.7 Å². The number of nitrogen functional groups attached to an aromatic ring is 1. The Morgan fingerprint density at radius 1 is 1.18 bits per heavy atom. The number of halogens is 1. The van der Waals surface area contributed by atoms with Crippen molar-refractivity contribution in [1.82, 2.24) is 19.1 Å². The molecule has 33 heavy (non-hydrogen) atoms. The lowest BCUT2D eigenvalue weighted by Crippen LogP contribution is -2.27. The van der Waals surface area contributed by atoms with Gasteiger partial charge in [0.25, 0.3) is 0 Å². The van der Waals surface area contributed by atoms with Crippen molar-refractivity contribution in [1.29, 1.82) is 0 Å². The van der Waals surface area contributed by atoms with Gasteiger partial charge in [-0.15, -0.1) is 10.2 Å². The third-order valence-corrected chi connectivity index (χ3v) is 8.10. The summed E-state index contributed by atoms with van der Waals surface area (Å²) >= 11 is 7.62. The maximum atomic E-state index is 13.1. The van der Waals surface area contributed by atoms with Crippen LogP contribution in [0, 0.1) is 0 Å². The number of carbonyl (C=O) groups excluding carboxylic acids is 1. The zero-order valence-electron chi connectivity index (χ0n) is 18.4. The number of hydrogen-bond acceptors (Lipinski definition) is 7. The molecule has 1 unspecified atom stereocenters. The fraction of sp³-hybridized carbons (Fsp3) is 0.286. The quantitative estimate of drug-likeness (QED) is 0.423. The van der Waals surface area contributed by atoms with Crippen LogP contribution in [0.1, 0.15) is 24.9 Å². The molecule has 1 aromatic heterocycles. The first-order valence-electron chi connectivity index (χ1n) is 10.0. The number of thioether (sulfide) groups is 1. The second-order valence-electron chi connectivity index (χ2n) is 7.32. The summed E-state index contributed by atoms with van der Waals surface area (Å²) in [7, 11) is -0.631. The molecule has 3 aromatic rings. The summed E-state index contributed by atoms with van der Waals surface area (Å²) in [5.74, 6) is 0.357. The largest absolute Gasteiger partial charge is 0.368 e. The van der Waals surface area contributed by atoms with Crippen LogP contribution in [-0.2, 0) is 20.6 Å². The summed E-state index contributed by atoms with van der Waals surface area (Å²) in [4.78, 5) is 13.2. The molecule has 0 aliphatic rings. The van der Waals surface area contributed by atoms with Crippen LogP contribution >= 0.6 is 23.4 Å². The van der Waals surface area contributed by atoms with Gasteiger partial charge in [0.05, 0.1) is 4.90 Å². The molecule has 12 heteroatoms. The number of nitrogens with one attached hydrogen (secondary N) is 1. The first-order chi connectivity index (χ1) is 15.6. The van der Waals surface area contributed by atoms with Crippen LogP contribution in [0.3, 0.4) is 0 Å². The second kappa shape index (κ2) is 10.6. The first-order valence-corrected chi connectivity index (χ1v) is 12.9. The molecule has 0 aliphatic carbocycles. The van der Waals surface area contributed by atoms with E-state index in [1.807, 2.05) is 31.2 Å². The number of rotatable bonds is 9. The van der Waals surface area contributed by atoms with Crippen LogP contribution in [0.15, 0.2) is 58.6 Å². The minimum atomic E-state index is -3.55. The molecule has 0 saturated carbocycles. The average Bonchev–Trinajstić information content (AvgIpc) is 3.14. The zero-order valence-corrected chi connectivity index (χ0v) is 20.8. The number of hydrogen-bond donors (Lipinski definition) is 2. The van der Waals surface area contributed by atoms with E-state index in [0.717, 1.165) is 9.87 Å². The van der Waals surface area contributed by atoms with Crippen molar-refractivity contribution in [3.05, 3.63) is 59.1 Å². The Labute approximate surface area is 202 Å². The molecule has 176 valence electrons. The minimum absolute atomic E-state index is 0.131. The fourth-order valence-corrected chi connectivity index (χ4v) is 5.25. The molecule has 1 amide bonds. The van der Waals surface area contributed by atoms with E-state index in [0.29, 0.717) is 28.0 Å². The highest BCUT2D eigenvalue weighted by molar-refractivity contribution is 7.98. The van der Waals surface area contributed by atoms with E-state index in [2.05, 4.69) is 15.5 Å². The minimum Gasteiger partial charge on any atom is -0.368 e. The maximum absolute atomic E-state index is 13.1. The molecule has 1 atom stereocenters. The van der Waals surface area contributed by atoms with E-state index < -0.39 is 16.1 Å². The van der Waals surface area contributed by atoms with Crippen molar-refractivity contribution in [2.45, 2.75) is 35.2 Å². The standard InChI is InChI=1S/C21H25ClN6O3S2/c1-4-18(19(29)24-15-9-11-16(12-10-15)33(30,31)27(2)3)28-20(23)25-26-21(28)32-13-14-7-5-6-8-17(14)22/h5-12,18H,4,13H2,1-3H3,(H2,23,25)(H,24,29). The summed E-state index contributed by atoms with van der Waals surface area (Å²) in [6.45, 7) is 1.86. The predicted molar refractivity (Wildman–Crippen MR) is 131 cm³/mol. The maximum Gasteiger partial charge on any atom is 0.247 e. The van der Waals surface area contributed by atoms with Crippen molar-refractivity contribution in [2.24, 2.45) is 0 Å². The summed E-state index contributed by atoms with van der Waals surface area (Å²) in [6, 6.07) is 12.8. The van der Waals surface area contributed by atoms with Gasteiger partial charge >= 0.3 is 0 Å². The molecule has 3 rings (SSSR count).